The predicted octanol–water partition coefficient (Wildman–Crippen LogP) is 3.80. The van der Waals surface area contributed by atoms with E-state index in [0.29, 0.717) is 6.42 Å². The molecule has 32 heavy (non-hydrogen) atoms. The van der Waals surface area contributed by atoms with Gasteiger partial charge in [0.05, 0.1) is 6.54 Å². The molecule has 3 aliphatic rings. The monoisotopic (exact) mass is 439 g/mol. The number of carbonyl (C=O) groups excluding carboxylic acids is 2. The molecular formula is C26H33NO5. The van der Waals surface area contributed by atoms with Crippen LogP contribution in [-0.4, -0.2) is 41.9 Å². The van der Waals surface area contributed by atoms with Crippen LogP contribution in [0.15, 0.2) is 47.6 Å². The topological polar surface area (TPSA) is 87.8 Å². The van der Waals surface area contributed by atoms with Gasteiger partial charge in [0.25, 0.3) is 0 Å². The molecule has 1 aromatic carbocycles. The van der Waals surface area contributed by atoms with Crippen LogP contribution in [0.2, 0.25) is 0 Å². The van der Waals surface area contributed by atoms with Crippen molar-refractivity contribution in [3.63, 3.8) is 0 Å². The summed E-state index contributed by atoms with van der Waals surface area (Å²) in [6.07, 6.45) is 4.55. The van der Waals surface area contributed by atoms with E-state index in [1.807, 2.05) is 37.3 Å². The normalized spacial score (nSPS) is 33.6. The van der Waals surface area contributed by atoms with Crippen molar-refractivity contribution in [1.82, 2.24) is 0 Å². The van der Waals surface area contributed by atoms with Gasteiger partial charge < -0.3 is 19.9 Å². The smallest absolute Gasteiger partial charge is 0.331 e. The van der Waals surface area contributed by atoms with Gasteiger partial charge in [0.1, 0.15) is 17.3 Å². The van der Waals surface area contributed by atoms with Gasteiger partial charge in [-0.1, -0.05) is 49.8 Å². The predicted molar refractivity (Wildman–Crippen MR) is 121 cm³/mol. The summed E-state index contributed by atoms with van der Waals surface area (Å²) in [7, 11) is 0. The molecule has 2 fully saturated rings. The largest absolute Gasteiger partial charge is 0.458 e. The molecule has 6 nitrogen and oxygen atoms in total. The number of nitrogens with two attached hydrogens (primary N) is 1. The van der Waals surface area contributed by atoms with Crippen LogP contribution in [0, 0.1) is 11.8 Å². The lowest BCUT2D eigenvalue weighted by Gasteiger charge is -2.50. The number of hydrogen-bond donors (Lipinski definition) is 1. The van der Waals surface area contributed by atoms with Crippen LogP contribution in [0.3, 0.4) is 0 Å². The zero-order valence-corrected chi connectivity index (χ0v) is 19.3. The summed E-state index contributed by atoms with van der Waals surface area (Å²) in [6.45, 7) is 8.11. The molecule has 0 amide bonds. The molecule has 1 aromatic rings. The molecule has 0 saturated carbocycles. The fraction of sp³-hybridized carbons (Fsp3) is 0.538. The Hall–Kier alpha value is -2.44. The van der Waals surface area contributed by atoms with E-state index in [9.17, 15) is 9.59 Å². The third-order valence-electron chi connectivity index (χ3n) is 7.51. The van der Waals surface area contributed by atoms with Gasteiger partial charge in [0, 0.05) is 18.4 Å². The molecule has 4 rings (SSSR count). The molecule has 6 heteroatoms. The SMILES string of the molecule is CC1=C2[C@@H](CC1)[C@]1(C)O[C@@](C(C)C)(C[C@H]1OC(=O)CN)[C@H]2OC(=O)/C=C/c1ccccc1. The minimum Gasteiger partial charge on any atom is -0.458 e. The average Bonchev–Trinajstić information content (AvgIpc) is 3.28. The number of ether oxygens (including phenoxy) is 3. The Labute approximate surface area is 189 Å². The van der Waals surface area contributed by atoms with Crippen molar-refractivity contribution in [1.29, 1.82) is 0 Å². The van der Waals surface area contributed by atoms with E-state index in [1.165, 1.54) is 11.6 Å². The Bertz CT molecular complexity index is 952. The lowest BCUT2D eigenvalue weighted by Crippen LogP contribution is -2.58. The molecule has 5 atom stereocenters. The summed E-state index contributed by atoms with van der Waals surface area (Å²) in [4.78, 5) is 25.0. The molecule has 0 unspecified atom stereocenters. The molecule has 0 radical (unpaired) electrons. The maximum absolute atomic E-state index is 12.9. The molecule has 2 heterocycles. The molecule has 172 valence electrons. The van der Waals surface area contributed by atoms with Crippen LogP contribution in [0.4, 0.5) is 0 Å². The standard InChI is InChI=1S/C26H33NO5/c1-16(2)26-14-20(30-22(29)15-27)25(4,32-26)19-12-10-17(3)23(19)24(26)31-21(28)13-11-18-8-6-5-7-9-18/h5-9,11,13,16,19-20,24H,10,12,14-15,27H2,1-4H3/b13-11+/t19-,20-,24+,25+,26-/m1/s1. The van der Waals surface area contributed by atoms with Crippen molar-refractivity contribution in [2.24, 2.45) is 17.6 Å². The van der Waals surface area contributed by atoms with E-state index in [1.54, 1.807) is 6.08 Å². The van der Waals surface area contributed by atoms with Gasteiger partial charge in [0.15, 0.2) is 6.10 Å². The quantitative estimate of drug-likeness (QED) is 0.412. The van der Waals surface area contributed by atoms with E-state index in [-0.39, 0.29) is 18.4 Å². The zero-order chi connectivity index (χ0) is 23.1. The van der Waals surface area contributed by atoms with Crippen molar-refractivity contribution in [2.75, 3.05) is 6.54 Å². The second-order valence-corrected chi connectivity index (χ2v) is 9.67. The third kappa shape index (κ3) is 3.69. The van der Waals surface area contributed by atoms with Crippen LogP contribution in [0.5, 0.6) is 0 Å². The van der Waals surface area contributed by atoms with Crippen molar-refractivity contribution in [3.8, 4) is 0 Å². The zero-order valence-electron chi connectivity index (χ0n) is 19.3. The number of benzene rings is 1. The Morgan fingerprint density at radius 2 is 1.97 bits per heavy atom. The van der Waals surface area contributed by atoms with Crippen molar-refractivity contribution in [3.05, 3.63) is 53.1 Å². The highest BCUT2D eigenvalue weighted by atomic mass is 16.6. The number of hydrogen-bond acceptors (Lipinski definition) is 6. The lowest BCUT2D eigenvalue weighted by atomic mass is 9.74. The summed E-state index contributed by atoms with van der Waals surface area (Å²) in [5.41, 5.74) is 7.41. The molecule has 2 saturated heterocycles. The summed E-state index contributed by atoms with van der Waals surface area (Å²) < 4.78 is 18.7. The highest BCUT2D eigenvalue weighted by molar-refractivity contribution is 5.87. The van der Waals surface area contributed by atoms with E-state index in [0.717, 1.165) is 24.0 Å². The van der Waals surface area contributed by atoms with E-state index in [2.05, 4.69) is 20.8 Å². The fourth-order valence-corrected chi connectivity index (χ4v) is 5.76. The number of rotatable bonds is 6. The van der Waals surface area contributed by atoms with Crippen molar-refractivity contribution < 1.29 is 23.8 Å². The average molecular weight is 440 g/mol. The number of esters is 2. The first-order valence-corrected chi connectivity index (χ1v) is 11.4. The maximum atomic E-state index is 12.9. The highest BCUT2D eigenvalue weighted by Gasteiger charge is 2.70. The van der Waals surface area contributed by atoms with Crippen LogP contribution in [0.1, 0.15) is 52.5 Å². The van der Waals surface area contributed by atoms with Gasteiger partial charge in [-0.05, 0) is 49.8 Å². The summed E-state index contributed by atoms with van der Waals surface area (Å²) in [6, 6.07) is 9.64. The van der Waals surface area contributed by atoms with Crippen molar-refractivity contribution in [2.45, 2.75) is 70.4 Å². The second-order valence-electron chi connectivity index (χ2n) is 9.67. The third-order valence-corrected chi connectivity index (χ3v) is 7.51. The van der Waals surface area contributed by atoms with E-state index < -0.39 is 35.3 Å². The van der Waals surface area contributed by atoms with Crippen LogP contribution < -0.4 is 5.73 Å². The van der Waals surface area contributed by atoms with E-state index in [4.69, 9.17) is 19.9 Å². The maximum Gasteiger partial charge on any atom is 0.331 e. The minimum absolute atomic E-state index is 0.0309. The Morgan fingerprint density at radius 1 is 1.25 bits per heavy atom. The summed E-state index contributed by atoms with van der Waals surface area (Å²) in [5.74, 6) is -0.769. The van der Waals surface area contributed by atoms with Gasteiger partial charge in [0.2, 0.25) is 0 Å². The van der Waals surface area contributed by atoms with Crippen molar-refractivity contribution >= 4 is 18.0 Å². The first-order valence-electron chi connectivity index (χ1n) is 11.4. The van der Waals surface area contributed by atoms with Gasteiger partial charge in [-0.3, -0.25) is 4.79 Å². The summed E-state index contributed by atoms with van der Waals surface area (Å²) >= 11 is 0. The lowest BCUT2D eigenvalue weighted by molar-refractivity contribution is -0.222. The van der Waals surface area contributed by atoms with Gasteiger partial charge in [-0.2, -0.15) is 0 Å². The minimum atomic E-state index is -0.762. The molecule has 0 aromatic heterocycles. The van der Waals surface area contributed by atoms with Crippen LogP contribution in [0.25, 0.3) is 6.08 Å². The Morgan fingerprint density at radius 3 is 2.62 bits per heavy atom. The second kappa shape index (κ2) is 8.49. The first-order chi connectivity index (χ1) is 15.2. The molecule has 1 aliphatic carbocycles. The molecular weight excluding hydrogens is 406 g/mol. The molecule has 2 N–H and O–H groups in total. The Balaban J connectivity index is 1.68. The molecule has 0 spiro atoms. The number of carbonyl (C=O) groups is 2. The van der Waals surface area contributed by atoms with Gasteiger partial charge in [-0.15, -0.1) is 0 Å². The highest BCUT2D eigenvalue weighted by Crippen LogP contribution is 2.61. The van der Waals surface area contributed by atoms with Crippen LogP contribution >= 0.6 is 0 Å². The van der Waals surface area contributed by atoms with Crippen LogP contribution in [-0.2, 0) is 23.8 Å². The number of allylic oxidation sites excluding steroid dienone is 1. The Kier molecular flexibility index (Phi) is 6.03. The molecule has 2 aliphatic heterocycles. The summed E-state index contributed by atoms with van der Waals surface area (Å²) in [5, 5.41) is 0. The number of fused-ring (bicyclic) bond motifs is 4. The van der Waals surface area contributed by atoms with Gasteiger partial charge >= 0.3 is 11.9 Å². The van der Waals surface area contributed by atoms with E-state index >= 15 is 0 Å². The van der Waals surface area contributed by atoms with Gasteiger partial charge in [-0.25, -0.2) is 4.79 Å². The molecule has 2 bridgehead atoms. The fourth-order valence-electron chi connectivity index (χ4n) is 5.76. The first kappa shape index (κ1) is 22.7.